The third kappa shape index (κ3) is 8.25. The summed E-state index contributed by atoms with van der Waals surface area (Å²) in [5, 5.41) is 3.02. The molecule has 0 bridgehead atoms. The molecule has 0 aliphatic rings. The van der Waals surface area contributed by atoms with Crippen LogP contribution in [0.2, 0.25) is 0 Å². The third-order valence-corrected chi connectivity index (χ3v) is 4.92. The van der Waals surface area contributed by atoms with Crippen molar-refractivity contribution in [1.29, 1.82) is 0 Å². The number of para-hydroxylation sites is 1. The number of carbonyl (C=O) groups excluding carboxylic acids is 2. The van der Waals surface area contributed by atoms with Gasteiger partial charge in [0.15, 0.2) is 0 Å². The Hall–Kier alpha value is -3.02. The highest BCUT2D eigenvalue weighted by molar-refractivity contribution is 5.88. The Kier molecular flexibility index (Phi) is 9.57. The molecule has 0 saturated heterocycles. The monoisotopic (exact) mass is 440 g/mol. The van der Waals surface area contributed by atoms with E-state index in [0.29, 0.717) is 32.4 Å². The van der Waals surface area contributed by atoms with Crippen molar-refractivity contribution >= 4 is 11.8 Å². The molecule has 0 aliphatic carbocycles. The zero-order valence-corrected chi connectivity index (χ0v) is 19.9. The van der Waals surface area contributed by atoms with Crippen molar-refractivity contribution in [2.75, 3.05) is 13.7 Å². The highest BCUT2D eigenvalue weighted by atomic mass is 16.5. The Morgan fingerprint density at radius 3 is 2.34 bits per heavy atom. The molecule has 1 atom stereocenters. The van der Waals surface area contributed by atoms with Gasteiger partial charge in [0.2, 0.25) is 11.8 Å². The van der Waals surface area contributed by atoms with E-state index in [9.17, 15) is 9.59 Å². The molecule has 0 unspecified atom stereocenters. The van der Waals surface area contributed by atoms with Crippen LogP contribution in [0.5, 0.6) is 11.5 Å². The number of carbonyl (C=O) groups is 2. The first-order valence-electron chi connectivity index (χ1n) is 11.2. The summed E-state index contributed by atoms with van der Waals surface area (Å²) in [6.45, 7) is 8.52. The van der Waals surface area contributed by atoms with Gasteiger partial charge in [-0.1, -0.05) is 37.3 Å². The minimum Gasteiger partial charge on any atom is -0.497 e. The van der Waals surface area contributed by atoms with Crippen molar-refractivity contribution in [3.8, 4) is 11.5 Å². The molecule has 6 heteroatoms. The second-order valence-electron chi connectivity index (χ2n) is 8.80. The largest absolute Gasteiger partial charge is 0.497 e. The number of nitrogens with one attached hydrogen (secondary N) is 1. The lowest BCUT2D eigenvalue weighted by Gasteiger charge is -2.33. The number of amides is 2. The van der Waals surface area contributed by atoms with Crippen molar-refractivity contribution in [3.63, 3.8) is 0 Å². The van der Waals surface area contributed by atoms with Gasteiger partial charge in [-0.25, -0.2) is 0 Å². The van der Waals surface area contributed by atoms with E-state index in [1.165, 1.54) is 0 Å². The fourth-order valence-electron chi connectivity index (χ4n) is 3.41. The normalized spacial score (nSPS) is 12.0. The van der Waals surface area contributed by atoms with E-state index in [-0.39, 0.29) is 17.4 Å². The number of hydrogen-bond acceptors (Lipinski definition) is 4. The lowest BCUT2D eigenvalue weighted by Crippen LogP contribution is -2.53. The van der Waals surface area contributed by atoms with Gasteiger partial charge in [-0.3, -0.25) is 9.59 Å². The molecule has 0 spiro atoms. The van der Waals surface area contributed by atoms with Crippen LogP contribution < -0.4 is 14.8 Å². The van der Waals surface area contributed by atoms with Gasteiger partial charge in [-0.2, -0.15) is 0 Å². The lowest BCUT2D eigenvalue weighted by atomic mass is 10.0. The number of benzene rings is 2. The maximum atomic E-state index is 13.2. The molecule has 2 aromatic carbocycles. The molecule has 32 heavy (non-hydrogen) atoms. The Labute approximate surface area is 191 Å². The Bertz CT molecular complexity index is 862. The van der Waals surface area contributed by atoms with Crippen molar-refractivity contribution < 1.29 is 19.1 Å². The SMILES string of the molecule is CC[C@H](C(=O)NC(C)(C)C)N(Cc1cccc(OC)c1)C(=O)CCCOc1ccccc1. The van der Waals surface area contributed by atoms with E-state index in [0.717, 1.165) is 17.1 Å². The molecule has 0 heterocycles. The first kappa shape index (κ1) is 25.2. The standard InChI is InChI=1S/C26H36N2O4/c1-6-23(25(30)27-26(2,3)4)28(19-20-12-10-15-22(18-20)31-5)24(29)16-11-17-32-21-13-8-7-9-14-21/h7-10,12-15,18,23H,6,11,16-17,19H2,1-5H3,(H,27,30)/t23-/m1/s1. The van der Waals surface area contributed by atoms with Gasteiger partial charge in [-0.05, 0) is 63.4 Å². The molecule has 1 N–H and O–H groups in total. The summed E-state index contributed by atoms with van der Waals surface area (Å²) < 4.78 is 11.0. The second-order valence-corrected chi connectivity index (χ2v) is 8.80. The van der Waals surface area contributed by atoms with E-state index in [1.54, 1.807) is 12.0 Å². The molecule has 174 valence electrons. The second kappa shape index (κ2) is 12.1. The van der Waals surface area contributed by atoms with E-state index in [4.69, 9.17) is 9.47 Å². The number of methoxy groups -OCH3 is 1. The molecule has 0 radical (unpaired) electrons. The molecular formula is C26H36N2O4. The van der Waals surface area contributed by atoms with E-state index < -0.39 is 6.04 Å². The van der Waals surface area contributed by atoms with E-state index >= 15 is 0 Å². The maximum absolute atomic E-state index is 13.2. The zero-order chi connectivity index (χ0) is 23.6. The Morgan fingerprint density at radius 1 is 1.03 bits per heavy atom. The summed E-state index contributed by atoms with van der Waals surface area (Å²) in [7, 11) is 1.61. The Morgan fingerprint density at radius 2 is 1.72 bits per heavy atom. The van der Waals surface area contributed by atoms with Gasteiger partial charge in [0.05, 0.1) is 13.7 Å². The number of ether oxygens (including phenoxy) is 2. The van der Waals surface area contributed by atoms with Gasteiger partial charge >= 0.3 is 0 Å². The van der Waals surface area contributed by atoms with Crippen molar-refractivity contribution in [3.05, 3.63) is 60.2 Å². The Balaban J connectivity index is 2.11. The summed E-state index contributed by atoms with van der Waals surface area (Å²) in [4.78, 5) is 27.9. The molecule has 2 aromatic rings. The third-order valence-electron chi connectivity index (χ3n) is 4.92. The van der Waals surface area contributed by atoms with Gasteiger partial charge in [0.25, 0.3) is 0 Å². The molecule has 2 rings (SSSR count). The molecular weight excluding hydrogens is 404 g/mol. The minimum atomic E-state index is -0.553. The smallest absolute Gasteiger partial charge is 0.243 e. The van der Waals surface area contributed by atoms with Gasteiger partial charge in [-0.15, -0.1) is 0 Å². The predicted octanol–water partition coefficient (Wildman–Crippen LogP) is 4.58. The van der Waals surface area contributed by atoms with Gasteiger partial charge in [0, 0.05) is 18.5 Å². The summed E-state index contributed by atoms with van der Waals surface area (Å²) in [6, 6.07) is 16.6. The molecule has 0 aliphatic heterocycles. The topological polar surface area (TPSA) is 67.9 Å². The van der Waals surface area contributed by atoms with E-state index in [2.05, 4.69) is 5.32 Å². The van der Waals surface area contributed by atoms with Crippen LogP contribution in [-0.2, 0) is 16.1 Å². The summed E-state index contributed by atoms with van der Waals surface area (Å²) >= 11 is 0. The quantitative estimate of drug-likeness (QED) is 0.520. The van der Waals surface area contributed by atoms with Crippen molar-refractivity contribution in [2.24, 2.45) is 0 Å². The number of rotatable bonds is 11. The molecule has 2 amide bonds. The average Bonchev–Trinajstić information content (AvgIpc) is 2.76. The predicted molar refractivity (Wildman–Crippen MR) is 127 cm³/mol. The average molecular weight is 441 g/mol. The fraction of sp³-hybridized carbons (Fsp3) is 0.462. The van der Waals surface area contributed by atoms with Crippen LogP contribution in [0.4, 0.5) is 0 Å². The summed E-state index contributed by atoms with van der Waals surface area (Å²) in [6.07, 6.45) is 1.40. The van der Waals surface area contributed by atoms with Gasteiger partial charge in [0.1, 0.15) is 17.5 Å². The molecule has 0 aromatic heterocycles. The van der Waals surface area contributed by atoms with Crippen LogP contribution >= 0.6 is 0 Å². The highest BCUT2D eigenvalue weighted by Crippen LogP contribution is 2.19. The van der Waals surface area contributed by atoms with Crippen LogP contribution in [0.3, 0.4) is 0 Å². The molecule has 0 fully saturated rings. The maximum Gasteiger partial charge on any atom is 0.243 e. The summed E-state index contributed by atoms with van der Waals surface area (Å²) in [5.41, 5.74) is 0.541. The lowest BCUT2D eigenvalue weighted by molar-refractivity contribution is -0.142. The van der Waals surface area contributed by atoms with Crippen LogP contribution in [0, 0.1) is 0 Å². The fourth-order valence-corrected chi connectivity index (χ4v) is 3.41. The van der Waals surface area contributed by atoms with Crippen molar-refractivity contribution in [1.82, 2.24) is 10.2 Å². The minimum absolute atomic E-state index is 0.0691. The molecule has 6 nitrogen and oxygen atoms in total. The van der Waals surface area contributed by atoms with E-state index in [1.807, 2.05) is 82.3 Å². The molecule has 0 saturated carbocycles. The first-order valence-corrected chi connectivity index (χ1v) is 11.2. The first-order chi connectivity index (χ1) is 15.2. The van der Waals surface area contributed by atoms with Crippen LogP contribution in [0.25, 0.3) is 0 Å². The van der Waals surface area contributed by atoms with Crippen LogP contribution in [0.15, 0.2) is 54.6 Å². The van der Waals surface area contributed by atoms with Crippen LogP contribution in [0.1, 0.15) is 52.5 Å². The van der Waals surface area contributed by atoms with Crippen molar-refractivity contribution in [2.45, 2.75) is 65.1 Å². The summed E-state index contributed by atoms with van der Waals surface area (Å²) in [5.74, 6) is 1.29. The number of hydrogen-bond donors (Lipinski definition) is 1. The zero-order valence-electron chi connectivity index (χ0n) is 19.9. The van der Waals surface area contributed by atoms with Crippen LogP contribution in [-0.4, -0.2) is 42.0 Å². The number of nitrogens with zero attached hydrogens (tertiary/aromatic N) is 1. The van der Waals surface area contributed by atoms with Gasteiger partial charge < -0.3 is 19.7 Å². The highest BCUT2D eigenvalue weighted by Gasteiger charge is 2.30.